The maximum Gasteiger partial charge on any atom is 0.129 e. The van der Waals surface area contributed by atoms with Crippen LogP contribution in [-0.2, 0) is 4.79 Å². The number of allylic oxidation sites excluding steroid dienone is 4. The molecule has 0 amide bonds. The molecule has 0 aromatic carbocycles. The highest BCUT2D eigenvalue weighted by Crippen LogP contribution is 2.22. The highest BCUT2D eigenvalue weighted by molar-refractivity contribution is 5.75. The van der Waals surface area contributed by atoms with Crippen LogP contribution in [0.5, 0.6) is 0 Å². The van der Waals surface area contributed by atoms with Crippen molar-refractivity contribution in [2.75, 3.05) is 0 Å². The number of hydrogen-bond acceptors (Lipinski definition) is 1. The van der Waals surface area contributed by atoms with Crippen LogP contribution in [0.3, 0.4) is 0 Å². The second kappa shape index (κ2) is 35.3. The molecule has 0 saturated heterocycles. The third-order valence-corrected chi connectivity index (χ3v) is 7.98. The third-order valence-electron chi connectivity index (χ3n) is 7.98. The summed E-state index contributed by atoms with van der Waals surface area (Å²) < 4.78 is 0. The Morgan fingerprint density at radius 2 is 0.732 bits per heavy atom. The van der Waals surface area contributed by atoms with Gasteiger partial charge in [0.1, 0.15) is 5.78 Å². The van der Waals surface area contributed by atoms with E-state index in [2.05, 4.69) is 58.9 Å². The summed E-state index contributed by atoms with van der Waals surface area (Å²) in [4.78, 5) is 10.8. The molecule has 1 heteroatoms. The Kier molecular flexibility index (Phi) is 36.5. The minimum atomic E-state index is 0.336. The van der Waals surface area contributed by atoms with Crippen LogP contribution < -0.4 is 0 Å². The van der Waals surface area contributed by atoms with Crippen molar-refractivity contribution in [1.82, 2.24) is 0 Å². The molecule has 0 spiro atoms. The number of rotatable bonds is 29. The lowest BCUT2D eigenvalue weighted by atomic mass is 9.89. The largest absolute Gasteiger partial charge is 0.300 e. The van der Waals surface area contributed by atoms with Gasteiger partial charge in [-0.25, -0.2) is 0 Å². The van der Waals surface area contributed by atoms with Crippen molar-refractivity contribution in [3.05, 3.63) is 24.3 Å². The zero-order valence-corrected chi connectivity index (χ0v) is 29.5. The van der Waals surface area contributed by atoms with Crippen molar-refractivity contribution in [2.45, 2.75) is 221 Å². The van der Waals surface area contributed by atoms with Crippen LogP contribution in [-0.4, -0.2) is 5.78 Å². The molecule has 1 nitrogen and oxygen atoms in total. The standard InChI is InChI=1S/C21H42.C19H36O/c1-5-6-7-8-9-10-11-12-13-14-15-16-17-18-19-20-21(2,3)4;1-3-4-5-6-7-8-9-10-11-12-13-14-15-16-17-18-19(2)20/h12-13H,5-11,14-20H2,1-4H3;10-11H,3-9,12-18H2,1-2H3/b13-12-;11-10-. The molecule has 0 heterocycles. The molecule has 0 fully saturated rings. The third kappa shape index (κ3) is 46.3. The number of hydrogen-bond donors (Lipinski definition) is 0. The van der Waals surface area contributed by atoms with Gasteiger partial charge in [-0.05, 0) is 76.5 Å². The van der Waals surface area contributed by atoms with Crippen molar-refractivity contribution >= 4 is 5.78 Å². The lowest BCUT2D eigenvalue weighted by molar-refractivity contribution is -0.117. The summed E-state index contributed by atoms with van der Waals surface area (Å²) in [5, 5.41) is 0. The Balaban J connectivity index is 0. The van der Waals surface area contributed by atoms with Crippen molar-refractivity contribution in [3.63, 3.8) is 0 Å². The molecular formula is C40H78O. The fourth-order valence-corrected chi connectivity index (χ4v) is 5.17. The smallest absolute Gasteiger partial charge is 0.129 e. The van der Waals surface area contributed by atoms with Crippen molar-refractivity contribution in [2.24, 2.45) is 5.41 Å². The Morgan fingerprint density at radius 3 is 1.05 bits per heavy atom. The van der Waals surface area contributed by atoms with Crippen molar-refractivity contribution < 1.29 is 4.79 Å². The van der Waals surface area contributed by atoms with Crippen LogP contribution in [0.2, 0.25) is 0 Å². The molecule has 0 radical (unpaired) electrons. The Bertz CT molecular complexity index is 550. The van der Waals surface area contributed by atoms with E-state index in [1.54, 1.807) is 6.92 Å². The highest BCUT2D eigenvalue weighted by atomic mass is 16.1. The lowest BCUT2D eigenvalue weighted by Gasteiger charge is -2.17. The fourth-order valence-electron chi connectivity index (χ4n) is 5.17. The van der Waals surface area contributed by atoms with Gasteiger partial charge in [0.15, 0.2) is 0 Å². The van der Waals surface area contributed by atoms with Gasteiger partial charge in [-0.3, -0.25) is 0 Å². The molecular weight excluding hydrogens is 496 g/mol. The Morgan fingerprint density at radius 1 is 0.439 bits per heavy atom. The van der Waals surface area contributed by atoms with E-state index in [0.717, 1.165) is 12.8 Å². The average molecular weight is 575 g/mol. The predicted molar refractivity (Wildman–Crippen MR) is 189 cm³/mol. The van der Waals surface area contributed by atoms with Gasteiger partial charge in [-0.1, -0.05) is 168 Å². The van der Waals surface area contributed by atoms with Crippen LogP contribution in [0.4, 0.5) is 0 Å². The first kappa shape index (κ1) is 42.3. The molecule has 0 aliphatic rings. The van der Waals surface area contributed by atoms with Gasteiger partial charge in [0.05, 0.1) is 0 Å². The fraction of sp³-hybridized carbons (Fsp3) is 0.875. The van der Waals surface area contributed by atoms with Crippen LogP contribution in [0.15, 0.2) is 24.3 Å². The predicted octanol–water partition coefficient (Wildman–Crippen LogP) is 14.7. The normalized spacial score (nSPS) is 11.9. The first-order valence-corrected chi connectivity index (χ1v) is 18.6. The molecule has 0 N–H and O–H groups in total. The van der Waals surface area contributed by atoms with E-state index >= 15 is 0 Å². The summed E-state index contributed by atoms with van der Waals surface area (Å²) in [6.45, 7) is 13.3. The summed E-state index contributed by atoms with van der Waals surface area (Å²) in [6, 6.07) is 0. The summed E-state index contributed by atoms with van der Waals surface area (Å²) in [7, 11) is 0. The van der Waals surface area contributed by atoms with Gasteiger partial charge >= 0.3 is 0 Å². The van der Waals surface area contributed by atoms with Crippen molar-refractivity contribution in [1.29, 1.82) is 0 Å². The van der Waals surface area contributed by atoms with Crippen molar-refractivity contribution in [3.8, 4) is 0 Å². The van der Waals surface area contributed by atoms with E-state index in [1.165, 1.54) is 167 Å². The molecule has 0 aromatic rings. The number of Topliss-reactive ketones (excluding diaryl/α,β-unsaturated/α-hetero) is 1. The van der Waals surface area contributed by atoms with E-state index < -0.39 is 0 Å². The summed E-state index contributed by atoms with van der Waals surface area (Å²) in [5.41, 5.74) is 0.527. The molecule has 0 aliphatic heterocycles. The monoisotopic (exact) mass is 575 g/mol. The number of ketones is 1. The van der Waals surface area contributed by atoms with Crippen LogP contribution in [0, 0.1) is 5.41 Å². The maximum atomic E-state index is 10.8. The highest BCUT2D eigenvalue weighted by Gasteiger charge is 2.08. The van der Waals surface area contributed by atoms with E-state index in [9.17, 15) is 4.79 Å². The minimum absolute atomic E-state index is 0.336. The molecule has 244 valence electrons. The van der Waals surface area contributed by atoms with E-state index in [1.807, 2.05) is 0 Å². The van der Waals surface area contributed by atoms with Crippen LogP contribution in [0.25, 0.3) is 0 Å². The zero-order valence-electron chi connectivity index (χ0n) is 29.5. The van der Waals surface area contributed by atoms with E-state index in [-0.39, 0.29) is 0 Å². The van der Waals surface area contributed by atoms with Gasteiger partial charge < -0.3 is 4.79 Å². The summed E-state index contributed by atoms with van der Waals surface area (Å²) >= 11 is 0. The molecule has 0 aromatic heterocycles. The first-order valence-electron chi connectivity index (χ1n) is 18.6. The summed E-state index contributed by atoms with van der Waals surface area (Å²) in [5.74, 6) is 0.336. The number of carbonyl (C=O) groups is 1. The maximum absolute atomic E-state index is 10.8. The lowest BCUT2D eigenvalue weighted by Crippen LogP contribution is -2.03. The van der Waals surface area contributed by atoms with Gasteiger partial charge in [-0.2, -0.15) is 0 Å². The van der Waals surface area contributed by atoms with Gasteiger partial charge in [0, 0.05) is 6.42 Å². The second-order valence-electron chi connectivity index (χ2n) is 13.9. The number of carbonyl (C=O) groups excluding carboxylic acids is 1. The zero-order chi connectivity index (χ0) is 30.7. The second-order valence-corrected chi connectivity index (χ2v) is 13.9. The van der Waals surface area contributed by atoms with Crippen LogP contribution >= 0.6 is 0 Å². The SMILES string of the molecule is CCCCCCCC/C=C\CCCCCCCC(C)(C)C.CCCCCCCC/C=C\CCCCCCCC(C)=O. The topological polar surface area (TPSA) is 17.1 Å². The van der Waals surface area contributed by atoms with Gasteiger partial charge in [0.2, 0.25) is 0 Å². The van der Waals surface area contributed by atoms with Crippen LogP contribution in [0.1, 0.15) is 221 Å². The minimum Gasteiger partial charge on any atom is -0.300 e. The average Bonchev–Trinajstić information content (AvgIpc) is 2.92. The molecule has 0 aliphatic carbocycles. The first-order chi connectivity index (χ1) is 19.8. The summed E-state index contributed by atoms with van der Waals surface area (Å²) in [6.07, 6.45) is 47.0. The Hall–Kier alpha value is -0.850. The van der Waals surface area contributed by atoms with Gasteiger partial charge in [0.25, 0.3) is 0 Å². The molecule has 0 rings (SSSR count). The van der Waals surface area contributed by atoms with E-state index in [0.29, 0.717) is 11.2 Å². The molecule has 0 unspecified atom stereocenters. The molecule has 41 heavy (non-hydrogen) atoms. The quantitative estimate of drug-likeness (QED) is 0.0641. The molecule has 0 atom stereocenters. The number of unbranched alkanes of at least 4 members (excludes halogenated alkanes) is 22. The Labute approximate surface area is 261 Å². The molecule has 0 saturated carbocycles. The molecule has 0 bridgehead atoms. The van der Waals surface area contributed by atoms with Gasteiger partial charge in [-0.15, -0.1) is 0 Å². The van der Waals surface area contributed by atoms with E-state index in [4.69, 9.17) is 0 Å².